The van der Waals surface area contributed by atoms with E-state index in [2.05, 4.69) is 37.1 Å². The third kappa shape index (κ3) is 24.3. The fraction of sp³-hybridized carbons (Fsp3) is 0.919. The molecule has 1 heterocycles. The lowest BCUT2D eigenvalue weighted by atomic mass is 10.0. The summed E-state index contributed by atoms with van der Waals surface area (Å²) in [7, 11) is 0. The first-order chi connectivity index (χ1) is 20.0. The first-order valence-corrected chi connectivity index (χ1v) is 18.3. The Balaban J connectivity index is 2.31. The molecule has 0 atom stereocenters. The zero-order chi connectivity index (χ0) is 29.8. The summed E-state index contributed by atoms with van der Waals surface area (Å²) in [5.41, 5.74) is 1.31. The predicted octanol–water partition coefficient (Wildman–Crippen LogP) is 10.5. The molecule has 242 valence electrons. The van der Waals surface area contributed by atoms with Crippen LogP contribution in [-0.2, 0) is 9.53 Å². The van der Waals surface area contributed by atoms with Crippen molar-refractivity contribution in [3.63, 3.8) is 0 Å². The van der Waals surface area contributed by atoms with Crippen LogP contribution >= 0.6 is 0 Å². The normalized spacial score (nSPS) is 14.0. The van der Waals surface area contributed by atoms with Gasteiger partial charge < -0.3 is 14.5 Å². The smallest absolute Gasteiger partial charge is 0.306 e. The van der Waals surface area contributed by atoms with Gasteiger partial charge in [-0.05, 0) is 104 Å². The maximum Gasteiger partial charge on any atom is 0.306 e. The minimum atomic E-state index is 0.0513. The number of esters is 1. The summed E-state index contributed by atoms with van der Waals surface area (Å²) in [6.07, 6.45) is 29.6. The van der Waals surface area contributed by atoms with Crippen LogP contribution < -0.4 is 0 Å². The SMILES string of the molecule is C=C(C)CCCCCN(CCCCCC(=O)OC(CCCCCCCC)CCCCCCCC)CCN1CCCC1. The summed E-state index contributed by atoms with van der Waals surface area (Å²) in [4.78, 5) is 18.1. The number of nitrogens with zero attached hydrogens (tertiary/aromatic N) is 2. The van der Waals surface area contributed by atoms with Crippen LogP contribution in [0.25, 0.3) is 0 Å². The molecule has 0 unspecified atom stereocenters. The summed E-state index contributed by atoms with van der Waals surface area (Å²) in [5.74, 6) is 0.0513. The zero-order valence-electron chi connectivity index (χ0n) is 28.2. The van der Waals surface area contributed by atoms with Crippen molar-refractivity contribution in [2.45, 2.75) is 181 Å². The van der Waals surface area contributed by atoms with Crippen molar-refractivity contribution < 1.29 is 9.53 Å². The Bertz CT molecular complexity index is 586. The standard InChI is InChI=1S/C37H72N2O2/c1-5-7-9-11-13-18-26-36(27-19-14-12-10-8-6-2)41-37(40)28-20-16-22-30-38(29-21-15-17-25-35(3)4)33-34-39-31-23-24-32-39/h36H,3,5-34H2,1-2,4H3. The van der Waals surface area contributed by atoms with Crippen molar-refractivity contribution in [1.29, 1.82) is 0 Å². The molecule has 1 aliphatic rings. The summed E-state index contributed by atoms with van der Waals surface area (Å²) < 4.78 is 6.06. The molecule has 0 aromatic rings. The lowest BCUT2D eigenvalue weighted by Crippen LogP contribution is -2.35. The van der Waals surface area contributed by atoms with Crippen LogP contribution in [0.15, 0.2) is 12.2 Å². The molecule has 0 spiro atoms. The van der Waals surface area contributed by atoms with Crippen LogP contribution in [0.2, 0.25) is 0 Å². The van der Waals surface area contributed by atoms with Gasteiger partial charge in [0.1, 0.15) is 6.10 Å². The van der Waals surface area contributed by atoms with Gasteiger partial charge in [-0.1, -0.05) is 96.5 Å². The van der Waals surface area contributed by atoms with Crippen LogP contribution in [0.3, 0.4) is 0 Å². The number of hydrogen-bond acceptors (Lipinski definition) is 4. The van der Waals surface area contributed by atoms with Crippen molar-refractivity contribution in [3.05, 3.63) is 12.2 Å². The molecule has 0 N–H and O–H groups in total. The van der Waals surface area contributed by atoms with Gasteiger partial charge in [-0.15, -0.1) is 6.58 Å². The van der Waals surface area contributed by atoms with Crippen LogP contribution in [-0.4, -0.2) is 61.1 Å². The van der Waals surface area contributed by atoms with Crippen molar-refractivity contribution >= 4 is 5.97 Å². The monoisotopic (exact) mass is 577 g/mol. The van der Waals surface area contributed by atoms with E-state index in [4.69, 9.17) is 4.74 Å². The molecule has 0 saturated carbocycles. The highest BCUT2D eigenvalue weighted by molar-refractivity contribution is 5.69. The van der Waals surface area contributed by atoms with Crippen LogP contribution in [0, 0.1) is 0 Å². The Morgan fingerprint density at radius 2 is 1.17 bits per heavy atom. The number of unbranched alkanes of at least 4 members (excludes halogenated alkanes) is 14. The highest BCUT2D eigenvalue weighted by Gasteiger charge is 2.15. The maximum absolute atomic E-state index is 12.8. The number of ether oxygens (including phenoxy) is 1. The topological polar surface area (TPSA) is 32.8 Å². The lowest BCUT2D eigenvalue weighted by Gasteiger charge is -2.25. The second-order valence-electron chi connectivity index (χ2n) is 13.2. The summed E-state index contributed by atoms with van der Waals surface area (Å²) >= 11 is 0. The number of likely N-dealkylation sites (tertiary alicyclic amines) is 1. The summed E-state index contributed by atoms with van der Waals surface area (Å²) in [5, 5.41) is 0. The molecule has 1 aliphatic heterocycles. The van der Waals surface area contributed by atoms with E-state index >= 15 is 0 Å². The quantitative estimate of drug-likeness (QED) is 0.0484. The van der Waals surface area contributed by atoms with Crippen LogP contribution in [0.5, 0.6) is 0 Å². The lowest BCUT2D eigenvalue weighted by molar-refractivity contribution is -0.150. The molecule has 41 heavy (non-hydrogen) atoms. The Labute approximate surface area is 257 Å². The first kappa shape index (κ1) is 38.2. The van der Waals surface area contributed by atoms with Crippen molar-refractivity contribution in [3.8, 4) is 0 Å². The molecule has 1 saturated heterocycles. The molecule has 0 radical (unpaired) electrons. The van der Waals surface area contributed by atoms with E-state index in [0.29, 0.717) is 6.42 Å². The maximum atomic E-state index is 12.8. The molecule has 0 aromatic heterocycles. The molecule has 0 aromatic carbocycles. The zero-order valence-corrected chi connectivity index (χ0v) is 28.2. The Morgan fingerprint density at radius 3 is 1.71 bits per heavy atom. The molecular formula is C37H72N2O2. The summed E-state index contributed by atoms with van der Waals surface area (Å²) in [6.45, 7) is 18.1. The van der Waals surface area contributed by atoms with Crippen LogP contribution in [0.1, 0.15) is 175 Å². The Morgan fingerprint density at radius 1 is 0.683 bits per heavy atom. The number of carbonyl (C=O) groups is 1. The van der Waals surface area contributed by atoms with Crippen molar-refractivity contribution in [2.75, 3.05) is 39.3 Å². The van der Waals surface area contributed by atoms with Crippen molar-refractivity contribution in [2.24, 2.45) is 0 Å². The molecule has 4 heteroatoms. The van der Waals surface area contributed by atoms with E-state index in [-0.39, 0.29) is 12.1 Å². The average molecular weight is 577 g/mol. The highest BCUT2D eigenvalue weighted by atomic mass is 16.5. The average Bonchev–Trinajstić information content (AvgIpc) is 3.48. The van der Waals surface area contributed by atoms with Gasteiger partial charge in [0.2, 0.25) is 0 Å². The number of hydrogen-bond donors (Lipinski definition) is 0. The minimum absolute atomic E-state index is 0.0513. The van der Waals surface area contributed by atoms with E-state index in [1.54, 1.807) is 0 Å². The van der Waals surface area contributed by atoms with Gasteiger partial charge in [-0.25, -0.2) is 0 Å². The van der Waals surface area contributed by atoms with Gasteiger partial charge in [0.25, 0.3) is 0 Å². The Kier molecular flexibility index (Phi) is 26.0. The van der Waals surface area contributed by atoms with Gasteiger partial charge in [-0.3, -0.25) is 4.79 Å². The van der Waals surface area contributed by atoms with Gasteiger partial charge in [-0.2, -0.15) is 0 Å². The van der Waals surface area contributed by atoms with E-state index in [1.807, 2.05) is 0 Å². The molecule has 0 amide bonds. The summed E-state index contributed by atoms with van der Waals surface area (Å²) in [6, 6.07) is 0. The Hall–Kier alpha value is -0.870. The molecule has 1 rings (SSSR count). The number of rotatable bonds is 30. The minimum Gasteiger partial charge on any atom is -0.462 e. The molecule has 1 fully saturated rings. The highest BCUT2D eigenvalue weighted by Crippen LogP contribution is 2.18. The molecular weight excluding hydrogens is 504 g/mol. The largest absolute Gasteiger partial charge is 0.462 e. The van der Waals surface area contributed by atoms with Gasteiger partial charge >= 0.3 is 5.97 Å². The molecule has 0 aliphatic carbocycles. The van der Waals surface area contributed by atoms with Crippen molar-refractivity contribution in [1.82, 2.24) is 9.80 Å². The second kappa shape index (κ2) is 27.9. The van der Waals surface area contributed by atoms with E-state index in [0.717, 1.165) is 25.7 Å². The van der Waals surface area contributed by atoms with E-state index in [9.17, 15) is 4.79 Å². The first-order valence-electron chi connectivity index (χ1n) is 18.3. The van der Waals surface area contributed by atoms with Crippen LogP contribution in [0.4, 0.5) is 0 Å². The van der Waals surface area contributed by atoms with Gasteiger partial charge in [0.05, 0.1) is 0 Å². The van der Waals surface area contributed by atoms with Gasteiger partial charge in [0, 0.05) is 19.5 Å². The third-order valence-electron chi connectivity index (χ3n) is 8.92. The molecule has 4 nitrogen and oxygen atoms in total. The number of allylic oxidation sites excluding steroid dienone is 1. The third-order valence-corrected chi connectivity index (χ3v) is 8.92. The fourth-order valence-electron chi connectivity index (χ4n) is 6.16. The molecule has 0 bridgehead atoms. The predicted molar refractivity (Wildman–Crippen MR) is 180 cm³/mol. The fourth-order valence-corrected chi connectivity index (χ4v) is 6.16. The second-order valence-corrected chi connectivity index (χ2v) is 13.2. The number of carbonyl (C=O) groups excluding carboxylic acids is 1. The van der Waals surface area contributed by atoms with E-state index < -0.39 is 0 Å². The van der Waals surface area contributed by atoms with E-state index in [1.165, 1.54) is 167 Å². The van der Waals surface area contributed by atoms with Gasteiger partial charge in [0.15, 0.2) is 0 Å².